The van der Waals surface area contributed by atoms with Crippen LogP contribution in [0.15, 0.2) is 12.2 Å². The van der Waals surface area contributed by atoms with E-state index in [4.69, 9.17) is 9.47 Å². The van der Waals surface area contributed by atoms with Gasteiger partial charge in [0, 0.05) is 24.9 Å². The lowest BCUT2D eigenvalue weighted by molar-refractivity contribution is -0.304. The molecule has 0 aromatic rings. The van der Waals surface area contributed by atoms with Crippen molar-refractivity contribution in [3.63, 3.8) is 0 Å². The van der Waals surface area contributed by atoms with Gasteiger partial charge < -0.3 is 25.2 Å². The highest BCUT2D eigenvalue weighted by atomic mass is 16.7. The molecule has 8 heteroatoms. The summed E-state index contributed by atoms with van der Waals surface area (Å²) in [5.74, 6) is -2.86. The number of allylic oxidation sites excluding steroid dienone is 2. The normalized spacial score (nSPS) is 18.7. The van der Waals surface area contributed by atoms with Gasteiger partial charge in [-0.25, -0.2) is 0 Å². The molecule has 1 heterocycles. The predicted molar refractivity (Wildman–Crippen MR) is 165 cm³/mol. The number of carboxylic acid groups (broad SMARTS) is 1. The van der Waals surface area contributed by atoms with Gasteiger partial charge >= 0.3 is 5.97 Å². The summed E-state index contributed by atoms with van der Waals surface area (Å²) in [5, 5.41) is 15.3. The fraction of sp³-hybridized carbons (Fsp3) is 0.848. The molecular formula is C33H60N2O6. The highest BCUT2D eigenvalue weighted by Gasteiger charge is 2.45. The Bertz CT molecular complexity index is 780. The van der Waals surface area contributed by atoms with Crippen LogP contribution in [0, 0.1) is 11.3 Å². The van der Waals surface area contributed by atoms with Gasteiger partial charge in [0.1, 0.15) is 6.10 Å². The molecule has 2 amide bonds. The lowest BCUT2D eigenvalue weighted by Crippen LogP contribution is -2.57. The molecule has 8 nitrogen and oxygen atoms in total. The summed E-state index contributed by atoms with van der Waals surface area (Å²) in [5.41, 5.74) is -0.521. The van der Waals surface area contributed by atoms with Crippen molar-refractivity contribution in [3.05, 3.63) is 12.2 Å². The van der Waals surface area contributed by atoms with E-state index in [1.807, 2.05) is 13.8 Å². The fourth-order valence-electron chi connectivity index (χ4n) is 4.97. The third-order valence-corrected chi connectivity index (χ3v) is 7.73. The maximum Gasteiger partial charge on any atom is 0.308 e. The Labute approximate surface area is 249 Å². The second-order valence-electron chi connectivity index (χ2n) is 12.8. The van der Waals surface area contributed by atoms with Crippen molar-refractivity contribution < 1.29 is 29.0 Å². The van der Waals surface area contributed by atoms with Crippen LogP contribution in [0.5, 0.6) is 0 Å². The predicted octanol–water partition coefficient (Wildman–Crippen LogP) is 6.92. The Morgan fingerprint density at radius 1 is 0.854 bits per heavy atom. The number of nitrogens with one attached hydrogen (secondary N) is 2. The van der Waals surface area contributed by atoms with E-state index < -0.39 is 29.2 Å². The van der Waals surface area contributed by atoms with Gasteiger partial charge in [-0.3, -0.25) is 14.4 Å². The van der Waals surface area contributed by atoms with E-state index in [1.165, 1.54) is 57.8 Å². The van der Waals surface area contributed by atoms with Gasteiger partial charge in [0.05, 0.1) is 12.5 Å². The third kappa shape index (κ3) is 17.6. The summed E-state index contributed by atoms with van der Waals surface area (Å²) in [4.78, 5) is 36.6. The van der Waals surface area contributed by atoms with Gasteiger partial charge in [-0.1, -0.05) is 84.3 Å². The van der Waals surface area contributed by atoms with Gasteiger partial charge in [-0.2, -0.15) is 0 Å². The quantitative estimate of drug-likeness (QED) is 0.0893. The van der Waals surface area contributed by atoms with Gasteiger partial charge in [0.2, 0.25) is 11.8 Å². The number of aliphatic carboxylic acids is 1. The first-order chi connectivity index (χ1) is 19.5. The first-order valence-electron chi connectivity index (χ1n) is 16.2. The van der Waals surface area contributed by atoms with Crippen LogP contribution in [0.25, 0.3) is 0 Å². The second-order valence-corrected chi connectivity index (χ2v) is 12.8. The minimum atomic E-state index is -0.961. The summed E-state index contributed by atoms with van der Waals surface area (Å²) < 4.78 is 11.5. The number of carbonyl (C=O) groups is 3. The fourth-order valence-corrected chi connectivity index (χ4v) is 4.97. The third-order valence-electron chi connectivity index (χ3n) is 7.73. The Hall–Kier alpha value is -1.93. The molecule has 41 heavy (non-hydrogen) atoms. The smallest absolute Gasteiger partial charge is 0.308 e. The van der Waals surface area contributed by atoms with Gasteiger partial charge in [0.15, 0.2) is 5.79 Å². The summed E-state index contributed by atoms with van der Waals surface area (Å²) in [6.45, 7) is 10.4. The summed E-state index contributed by atoms with van der Waals surface area (Å²) >= 11 is 0. The molecule has 0 aromatic heterocycles. The average molecular weight is 581 g/mol. The molecule has 2 atom stereocenters. The number of hydrogen-bond donors (Lipinski definition) is 3. The van der Waals surface area contributed by atoms with Gasteiger partial charge in [-0.15, -0.1) is 0 Å². The number of unbranched alkanes of at least 4 members (excludes halogenated alkanes) is 11. The zero-order valence-electron chi connectivity index (χ0n) is 26.7. The second kappa shape index (κ2) is 20.9. The number of rotatable bonds is 23. The molecule has 1 fully saturated rings. The van der Waals surface area contributed by atoms with Crippen molar-refractivity contribution >= 4 is 17.8 Å². The van der Waals surface area contributed by atoms with Crippen molar-refractivity contribution in [2.24, 2.45) is 11.3 Å². The van der Waals surface area contributed by atoms with Gasteiger partial charge in [0.25, 0.3) is 0 Å². The molecule has 0 bridgehead atoms. The van der Waals surface area contributed by atoms with Crippen molar-refractivity contribution in [1.29, 1.82) is 0 Å². The minimum Gasteiger partial charge on any atom is -0.481 e. The molecule has 1 saturated heterocycles. The largest absolute Gasteiger partial charge is 0.481 e. The summed E-state index contributed by atoms with van der Waals surface area (Å²) in [6.07, 6.45) is 21.3. The zero-order valence-corrected chi connectivity index (χ0v) is 26.7. The van der Waals surface area contributed by atoms with E-state index in [0.29, 0.717) is 32.4 Å². The number of carbonyl (C=O) groups excluding carboxylic acids is 2. The monoisotopic (exact) mass is 580 g/mol. The molecule has 238 valence electrons. The maximum atomic E-state index is 12.8. The molecule has 1 aliphatic heterocycles. The van der Waals surface area contributed by atoms with E-state index >= 15 is 0 Å². The Morgan fingerprint density at radius 3 is 2.05 bits per heavy atom. The van der Waals surface area contributed by atoms with Crippen molar-refractivity contribution in [2.75, 3.05) is 19.7 Å². The summed E-state index contributed by atoms with van der Waals surface area (Å²) in [7, 11) is 0. The zero-order chi connectivity index (χ0) is 30.6. The number of carboxylic acids is 1. The molecule has 0 aromatic carbocycles. The highest BCUT2D eigenvalue weighted by molar-refractivity contribution is 5.82. The molecule has 0 spiro atoms. The van der Waals surface area contributed by atoms with Crippen LogP contribution in [0.1, 0.15) is 137 Å². The Morgan fingerprint density at radius 2 is 1.44 bits per heavy atom. The molecule has 1 rings (SSSR count). The Balaban J connectivity index is 2.09. The number of hydrogen-bond acceptors (Lipinski definition) is 5. The van der Waals surface area contributed by atoms with Crippen molar-refractivity contribution in [3.8, 4) is 0 Å². The minimum absolute atomic E-state index is 0.0179. The molecule has 0 saturated carbocycles. The maximum absolute atomic E-state index is 12.8. The van der Waals surface area contributed by atoms with E-state index in [0.717, 1.165) is 25.7 Å². The molecule has 0 radical (unpaired) electrons. The molecule has 2 unspecified atom stereocenters. The molecule has 0 aliphatic carbocycles. The van der Waals surface area contributed by atoms with Crippen LogP contribution in [0.2, 0.25) is 0 Å². The van der Waals surface area contributed by atoms with Crippen LogP contribution < -0.4 is 10.6 Å². The Kier molecular flexibility index (Phi) is 18.9. The highest BCUT2D eigenvalue weighted by Crippen LogP contribution is 2.34. The van der Waals surface area contributed by atoms with Crippen LogP contribution >= 0.6 is 0 Å². The molecule has 3 N–H and O–H groups in total. The molecular weight excluding hydrogens is 520 g/mol. The van der Waals surface area contributed by atoms with Crippen molar-refractivity contribution in [2.45, 2.75) is 149 Å². The van der Waals surface area contributed by atoms with Crippen molar-refractivity contribution in [1.82, 2.24) is 10.6 Å². The average Bonchev–Trinajstić information content (AvgIpc) is 2.91. The standard InChI is InChI=1S/C33H60N2O6/c1-6-7-8-9-10-11-12-13-14-15-16-17-18-19-20-23-28(36)34-24-21-22-27(31(38)39)25-35-30(37)29-32(2,3)26-40-33(4,5)41-29/h13-14,27,29H,6-12,15-26H2,1-5H3,(H,34,36)(H,35,37)(H,38,39). The lowest BCUT2D eigenvalue weighted by atomic mass is 9.85. The van der Waals surface area contributed by atoms with Gasteiger partial charge in [-0.05, 0) is 58.8 Å². The van der Waals surface area contributed by atoms with E-state index in [2.05, 4.69) is 29.7 Å². The van der Waals surface area contributed by atoms with E-state index in [9.17, 15) is 19.5 Å². The van der Waals surface area contributed by atoms with Crippen LogP contribution in [-0.4, -0.2) is 54.5 Å². The van der Waals surface area contributed by atoms with E-state index in [-0.39, 0.29) is 18.4 Å². The molecule has 1 aliphatic rings. The lowest BCUT2D eigenvalue weighted by Gasteiger charge is -2.44. The van der Waals surface area contributed by atoms with Crippen LogP contribution in [0.4, 0.5) is 0 Å². The SMILES string of the molecule is CCCCCCCCC=CCCCCCCCC(=O)NCCCC(CNC(=O)C1OC(C)(C)OCC1(C)C)C(=O)O. The topological polar surface area (TPSA) is 114 Å². The first-order valence-corrected chi connectivity index (χ1v) is 16.2. The van der Waals surface area contributed by atoms with Crippen LogP contribution in [0.3, 0.4) is 0 Å². The number of amides is 2. The number of ether oxygens (including phenoxy) is 2. The summed E-state index contributed by atoms with van der Waals surface area (Å²) in [6, 6.07) is 0. The van der Waals surface area contributed by atoms with E-state index in [1.54, 1.807) is 13.8 Å². The van der Waals surface area contributed by atoms with Crippen LogP contribution in [-0.2, 0) is 23.9 Å². The first kappa shape index (κ1) is 37.1.